The van der Waals surface area contributed by atoms with Crippen molar-refractivity contribution in [1.29, 1.82) is 5.26 Å². The normalized spacial score (nSPS) is 6.14. The molecule has 0 amide bonds. The maximum absolute atomic E-state index is 9.60. The molecule has 0 aromatic carbocycles. The molecular formula is C9H11Cl2NO2. The lowest BCUT2D eigenvalue weighted by Gasteiger charge is -1.79. The van der Waals surface area contributed by atoms with Crippen LogP contribution in [0, 0.1) is 11.3 Å². The Hall–Kier alpha value is -1.24. The number of hydrogen-bond donors (Lipinski definition) is 1. The predicted octanol–water partition coefficient (Wildman–Crippen LogP) is 3.28. The van der Waals surface area contributed by atoms with E-state index in [0.29, 0.717) is 0 Å². The van der Waals surface area contributed by atoms with Gasteiger partial charge >= 0.3 is 5.97 Å². The third-order valence-electron chi connectivity index (χ3n) is 0.456. The zero-order valence-electron chi connectivity index (χ0n) is 7.76. The molecule has 0 radical (unpaired) electrons. The van der Waals surface area contributed by atoms with Crippen LogP contribution >= 0.6 is 23.2 Å². The Balaban J connectivity index is -0.000000135. The van der Waals surface area contributed by atoms with E-state index in [2.05, 4.69) is 19.7 Å². The minimum Gasteiger partial charge on any atom is -0.478 e. The number of hydrogen-bond acceptors (Lipinski definition) is 2. The number of carbonyl (C=O) groups is 1. The van der Waals surface area contributed by atoms with Crippen molar-refractivity contribution in [3.63, 3.8) is 0 Å². The Morgan fingerprint density at radius 1 is 1.50 bits per heavy atom. The van der Waals surface area contributed by atoms with Gasteiger partial charge in [0.05, 0.1) is 10.6 Å². The number of aliphatic carboxylic acids is 1. The molecule has 0 rings (SSSR count). The van der Waals surface area contributed by atoms with Gasteiger partial charge in [-0.1, -0.05) is 42.9 Å². The van der Waals surface area contributed by atoms with Crippen LogP contribution in [0.3, 0.4) is 0 Å². The van der Waals surface area contributed by atoms with Crippen LogP contribution < -0.4 is 0 Å². The maximum atomic E-state index is 9.60. The number of halogens is 2. The van der Waals surface area contributed by atoms with Crippen molar-refractivity contribution in [2.45, 2.75) is 6.92 Å². The van der Waals surface area contributed by atoms with E-state index in [9.17, 15) is 4.79 Å². The summed E-state index contributed by atoms with van der Waals surface area (Å²) in [4.78, 5) is 9.60. The largest absolute Gasteiger partial charge is 0.478 e. The van der Waals surface area contributed by atoms with Crippen molar-refractivity contribution >= 4 is 29.2 Å². The molecule has 0 aliphatic carbocycles. The van der Waals surface area contributed by atoms with E-state index >= 15 is 0 Å². The fourth-order valence-electron chi connectivity index (χ4n) is 0. The molecule has 0 aromatic rings. The predicted molar refractivity (Wildman–Crippen MR) is 59.1 cm³/mol. The second kappa shape index (κ2) is 14.3. The first-order valence-electron chi connectivity index (χ1n) is 3.18. The first-order valence-corrected chi connectivity index (χ1v) is 3.94. The molecule has 0 spiro atoms. The third-order valence-corrected chi connectivity index (χ3v) is 0.456. The molecule has 14 heavy (non-hydrogen) atoms. The molecule has 0 saturated carbocycles. The number of nitriles is 1. The second-order valence-electron chi connectivity index (χ2n) is 1.76. The van der Waals surface area contributed by atoms with Gasteiger partial charge in [0.2, 0.25) is 0 Å². The van der Waals surface area contributed by atoms with Gasteiger partial charge in [-0.2, -0.15) is 5.26 Å². The summed E-state index contributed by atoms with van der Waals surface area (Å²) in [7, 11) is 0. The molecule has 0 saturated heterocycles. The summed E-state index contributed by atoms with van der Waals surface area (Å²) in [6.07, 6.45) is 1.18. The van der Waals surface area contributed by atoms with Gasteiger partial charge in [-0.15, -0.1) is 0 Å². The summed E-state index contributed by atoms with van der Waals surface area (Å²) in [6.45, 7) is 10.8. The summed E-state index contributed by atoms with van der Waals surface area (Å²) in [5.41, 5.74) is 0.176. The van der Waals surface area contributed by atoms with Crippen LogP contribution in [0.15, 0.2) is 35.9 Å². The first kappa shape index (κ1) is 18.5. The lowest BCUT2D eigenvalue weighted by atomic mass is 10.4. The van der Waals surface area contributed by atoms with E-state index in [1.165, 1.54) is 13.0 Å². The monoisotopic (exact) mass is 235 g/mol. The minimum atomic E-state index is -0.935. The third kappa shape index (κ3) is 72.5. The van der Waals surface area contributed by atoms with E-state index in [4.69, 9.17) is 33.6 Å². The standard InChI is InChI=1S/C4H6O2.C3H3N.C2H2Cl2/c1-3(2)4(5)6;1-2-3-4;1-2(3)4/h1H2,2H3,(H,5,6);2H,1H2;1H2. The highest BCUT2D eigenvalue weighted by molar-refractivity contribution is 6.55. The molecule has 0 aromatic heterocycles. The van der Waals surface area contributed by atoms with E-state index in [-0.39, 0.29) is 10.1 Å². The SMILES string of the molecule is C=C(C)C(=O)O.C=C(Cl)Cl.C=CC#N. The average Bonchev–Trinajstić information content (AvgIpc) is 2.03. The molecular weight excluding hydrogens is 225 g/mol. The molecule has 0 fully saturated rings. The second-order valence-corrected chi connectivity index (χ2v) is 2.86. The van der Waals surface area contributed by atoms with Gasteiger partial charge in [0.15, 0.2) is 0 Å². The fraction of sp³-hybridized carbons (Fsp3) is 0.111. The number of carboxylic acids is 1. The Kier molecular flexibility index (Phi) is 18.9. The van der Waals surface area contributed by atoms with Crippen molar-refractivity contribution in [3.05, 3.63) is 35.9 Å². The summed E-state index contributed by atoms with van der Waals surface area (Å²) in [5.74, 6) is -0.935. The molecule has 0 aliphatic heterocycles. The van der Waals surface area contributed by atoms with Crippen LogP contribution in [0.2, 0.25) is 0 Å². The Labute approximate surface area is 93.6 Å². The molecule has 0 aliphatic rings. The summed E-state index contributed by atoms with van der Waals surface area (Å²) in [6, 6.07) is 1.69. The molecule has 5 heteroatoms. The van der Waals surface area contributed by atoms with Crippen molar-refractivity contribution in [1.82, 2.24) is 0 Å². The molecule has 0 bridgehead atoms. The van der Waals surface area contributed by atoms with Crippen molar-refractivity contribution in [2.75, 3.05) is 0 Å². The maximum Gasteiger partial charge on any atom is 0.330 e. The van der Waals surface area contributed by atoms with Crippen LogP contribution in [0.5, 0.6) is 0 Å². The fourth-order valence-corrected chi connectivity index (χ4v) is 0. The van der Waals surface area contributed by atoms with Gasteiger partial charge in [0, 0.05) is 11.6 Å². The molecule has 3 nitrogen and oxygen atoms in total. The smallest absolute Gasteiger partial charge is 0.330 e. The van der Waals surface area contributed by atoms with E-state index in [1.807, 2.05) is 0 Å². The van der Waals surface area contributed by atoms with Crippen molar-refractivity contribution in [2.24, 2.45) is 0 Å². The van der Waals surface area contributed by atoms with Gasteiger partial charge < -0.3 is 5.11 Å². The number of carboxylic acid groups (broad SMARTS) is 1. The quantitative estimate of drug-likeness (QED) is 0.561. The van der Waals surface area contributed by atoms with Crippen LogP contribution in [0.1, 0.15) is 6.92 Å². The van der Waals surface area contributed by atoms with E-state index in [1.54, 1.807) is 6.07 Å². The minimum absolute atomic E-state index is 0.111. The van der Waals surface area contributed by atoms with E-state index < -0.39 is 5.97 Å². The lowest BCUT2D eigenvalue weighted by Crippen LogP contribution is -1.92. The van der Waals surface area contributed by atoms with Crippen molar-refractivity contribution in [3.8, 4) is 6.07 Å². The Bertz CT molecular complexity index is 238. The number of nitrogens with zero attached hydrogens (tertiary/aromatic N) is 1. The number of rotatable bonds is 1. The number of allylic oxidation sites excluding steroid dienone is 1. The first-order chi connectivity index (χ1) is 6.29. The highest BCUT2D eigenvalue weighted by Gasteiger charge is 1.90. The van der Waals surface area contributed by atoms with Crippen LogP contribution in [-0.4, -0.2) is 11.1 Å². The summed E-state index contributed by atoms with van der Waals surface area (Å²) < 4.78 is 0.111. The van der Waals surface area contributed by atoms with Crippen LogP contribution in [-0.2, 0) is 4.79 Å². The summed E-state index contributed by atoms with van der Waals surface area (Å²) in [5, 5.41) is 15.4. The molecule has 78 valence electrons. The topological polar surface area (TPSA) is 61.1 Å². The van der Waals surface area contributed by atoms with Crippen molar-refractivity contribution < 1.29 is 9.90 Å². The zero-order valence-corrected chi connectivity index (χ0v) is 9.27. The van der Waals surface area contributed by atoms with E-state index in [0.717, 1.165) is 0 Å². The lowest BCUT2D eigenvalue weighted by molar-refractivity contribution is -0.132. The van der Waals surface area contributed by atoms with Crippen LogP contribution in [0.25, 0.3) is 0 Å². The van der Waals surface area contributed by atoms with Gasteiger partial charge in [0.1, 0.15) is 0 Å². The van der Waals surface area contributed by atoms with Crippen LogP contribution in [0.4, 0.5) is 0 Å². The van der Waals surface area contributed by atoms with Gasteiger partial charge in [-0.05, 0) is 6.92 Å². The molecule has 0 atom stereocenters. The molecule has 0 heterocycles. The molecule has 0 unspecified atom stereocenters. The Morgan fingerprint density at radius 3 is 1.64 bits per heavy atom. The zero-order chi connectivity index (χ0) is 12.1. The van der Waals surface area contributed by atoms with Gasteiger partial charge in [-0.3, -0.25) is 0 Å². The highest BCUT2D eigenvalue weighted by Crippen LogP contribution is 1.98. The summed E-state index contributed by atoms with van der Waals surface area (Å²) >= 11 is 9.69. The highest BCUT2D eigenvalue weighted by atomic mass is 35.5. The van der Waals surface area contributed by atoms with Gasteiger partial charge in [0.25, 0.3) is 0 Å². The Morgan fingerprint density at radius 2 is 1.64 bits per heavy atom. The molecule has 1 N–H and O–H groups in total. The van der Waals surface area contributed by atoms with Gasteiger partial charge in [-0.25, -0.2) is 4.79 Å². The average molecular weight is 236 g/mol.